The third-order valence-electron chi connectivity index (χ3n) is 5.34. The topological polar surface area (TPSA) is 71.6 Å². The van der Waals surface area contributed by atoms with Gasteiger partial charge in [-0.15, -0.1) is 0 Å². The van der Waals surface area contributed by atoms with Crippen molar-refractivity contribution in [1.29, 1.82) is 0 Å². The molecule has 1 aromatic heterocycles. The molecule has 3 aromatic rings. The van der Waals surface area contributed by atoms with Crippen LogP contribution in [0.2, 0.25) is 0 Å². The van der Waals surface area contributed by atoms with Gasteiger partial charge in [0.1, 0.15) is 5.75 Å². The Labute approximate surface area is 163 Å². The lowest BCUT2D eigenvalue weighted by molar-refractivity contribution is 0.0600. The number of hydrogen-bond donors (Lipinski definition) is 1. The monoisotopic (exact) mass is 378 g/mol. The van der Waals surface area contributed by atoms with E-state index in [4.69, 9.17) is 9.47 Å². The highest BCUT2D eigenvalue weighted by Gasteiger charge is 2.25. The number of rotatable bonds is 3. The molecule has 144 valence electrons. The summed E-state index contributed by atoms with van der Waals surface area (Å²) in [4.78, 5) is 30.2. The third-order valence-corrected chi connectivity index (χ3v) is 5.34. The minimum absolute atomic E-state index is 0.0255. The predicted molar refractivity (Wildman–Crippen MR) is 106 cm³/mol. The van der Waals surface area contributed by atoms with Gasteiger partial charge in [-0.3, -0.25) is 4.79 Å². The Bertz CT molecular complexity index is 1080. The molecule has 0 spiro atoms. The van der Waals surface area contributed by atoms with Gasteiger partial charge in [0, 0.05) is 47.2 Å². The maximum Gasteiger partial charge on any atom is 0.337 e. The molecule has 0 fully saturated rings. The number of fused-ring (bicyclic) bond motifs is 3. The van der Waals surface area contributed by atoms with E-state index in [1.165, 1.54) is 7.11 Å². The second-order valence-electron chi connectivity index (χ2n) is 7.00. The number of hydrogen-bond acceptors (Lipinski definition) is 4. The molecular weight excluding hydrogens is 356 g/mol. The van der Waals surface area contributed by atoms with Gasteiger partial charge in [0.2, 0.25) is 0 Å². The Balaban J connectivity index is 1.66. The second-order valence-corrected chi connectivity index (χ2v) is 7.00. The van der Waals surface area contributed by atoms with Crippen LogP contribution in [0.25, 0.3) is 10.9 Å². The van der Waals surface area contributed by atoms with E-state index < -0.39 is 0 Å². The number of nitrogens with zero attached hydrogens (tertiary/aromatic N) is 1. The molecule has 6 nitrogen and oxygen atoms in total. The summed E-state index contributed by atoms with van der Waals surface area (Å²) in [7, 11) is 2.98. The number of methoxy groups -OCH3 is 2. The molecular formula is C22H22N2O4. The molecule has 1 N–H and O–H groups in total. The molecule has 0 radical (unpaired) electrons. The predicted octanol–water partition coefficient (Wildman–Crippen LogP) is 3.47. The Morgan fingerprint density at radius 1 is 1.07 bits per heavy atom. The number of carbonyl (C=O) groups excluding carboxylic acids is 2. The van der Waals surface area contributed by atoms with Gasteiger partial charge in [0.25, 0.3) is 5.91 Å². The highest BCUT2D eigenvalue weighted by atomic mass is 16.5. The van der Waals surface area contributed by atoms with Crippen LogP contribution >= 0.6 is 0 Å². The van der Waals surface area contributed by atoms with Crippen molar-refractivity contribution in [2.45, 2.75) is 19.9 Å². The first-order valence-electron chi connectivity index (χ1n) is 9.17. The first-order chi connectivity index (χ1) is 13.5. The molecule has 0 bridgehead atoms. The van der Waals surface area contributed by atoms with E-state index >= 15 is 0 Å². The zero-order valence-electron chi connectivity index (χ0n) is 16.2. The van der Waals surface area contributed by atoms with Crippen LogP contribution < -0.4 is 4.74 Å². The van der Waals surface area contributed by atoms with Crippen molar-refractivity contribution in [2.75, 3.05) is 20.8 Å². The van der Waals surface area contributed by atoms with Gasteiger partial charge >= 0.3 is 5.97 Å². The van der Waals surface area contributed by atoms with Crippen LogP contribution in [-0.4, -0.2) is 42.5 Å². The molecule has 2 heterocycles. The van der Waals surface area contributed by atoms with Gasteiger partial charge < -0.3 is 19.4 Å². The standard InChI is InChI=1S/C22H22N2O4/c1-13-4-5-14(11-20(13)27-2)21(25)24-9-8-19-17(12-24)16-10-15(22(26)28-3)6-7-18(16)23-19/h4-7,10-11,23H,8-9,12H2,1-3H3. The molecule has 28 heavy (non-hydrogen) atoms. The summed E-state index contributed by atoms with van der Waals surface area (Å²) in [6, 6.07) is 11.0. The molecule has 2 aromatic carbocycles. The summed E-state index contributed by atoms with van der Waals surface area (Å²) < 4.78 is 10.2. The Morgan fingerprint density at radius 2 is 1.86 bits per heavy atom. The van der Waals surface area contributed by atoms with Crippen molar-refractivity contribution in [2.24, 2.45) is 0 Å². The minimum Gasteiger partial charge on any atom is -0.496 e. The highest BCUT2D eigenvalue weighted by Crippen LogP contribution is 2.30. The number of amides is 1. The number of aryl methyl sites for hydroxylation is 1. The largest absolute Gasteiger partial charge is 0.496 e. The van der Waals surface area contributed by atoms with E-state index in [-0.39, 0.29) is 11.9 Å². The quantitative estimate of drug-likeness (QED) is 0.709. The molecule has 1 amide bonds. The first-order valence-corrected chi connectivity index (χ1v) is 9.17. The number of nitrogens with one attached hydrogen (secondary N) is 1. The summed E-state index contributed by atoms with van der Waals surface area (Å²) in [6.07, 6.45) is 0.742. The number of aromatic nitrogens is 1. The number of aromatic amines is 1. The van der Waals surface area contributed by atoms with Crippen molar-refractivity contribution in [1.82, 2.24) is 9.88 Å². The normalized spacial score (nSPS) is 13.3. The molecule has 6 heteroatoms. The fraction of sp³-hybridized carbons (Fsp3) is 0.273. The smallest absolute Gasteiger partial charge is 0.337 e. The maximum absolute atomic E-state index is 13.1. The molecule has 0 saturated heterocycles. The van der Waals surface area contributed by atoms with Crippen molar-refractivity contribution in [3.05, 3.63) is 64.3 Å². The average Bonchev–Trinajstić information content (AvgIpc) is 3.10. The Morgan fingerprint density at radius 3 is 2.61 bits per heavy atom. The van der Waals surface area contributed by atoms with E-state index in [0.29, 0.717) is 30.0 Å². The number of H-pyrrole nitrogens is 1. The molecule has 4 rings (SSSR count). The van der Waals surface area contributed by atoms with Crippen LogP contribution in [-0.2, 0) is 17.7 Å². The van der Waals surface area contributed by atoms with E-state index in [1.54, 1.807) is 19.2 Å². The number of carbonyl (C=O) groups is 2. The van der Waals surface area contributed by atoms with E-state index in [1.807, 2.05) is 36.1 Å². The minimum atomic E-state index is -0.368. The van der Waals surface area contributed by atoms with E-state index in [0.717, 1.165) is 34.1 Å². The van der Waals surface area contributed by atoms with Gasteiger partial charge in [-0.1, -0.05) is 6.07 Å². The molecule has 1 aliphatic heterocycles. The Hall–Kier alpha value is -3.28. The summed E-state index contributed by atoms with van der Waals surface area (Å²) in [5.41, 5.74) is 5.24. The van der Waals surface area contributed by atoms with Crippen LogP contribution in [0.15, 0.2) is 36.4 Å². The van der Waals surface area contributed by atoms with E-state index in [2.05, 4.69) is 4.98 Å². The Kier molecular flexibility index (Phi) is 4.55. The average molecular weight is 378 g/mol. The molecule has 1 aliphatic rings. The van der Waals surface area contributed by atoms with Gasteiger partial charge in [0.05, 0.1) is 19.8 Å². The lowest BCUT2D eigenvalue weighted by Gasteiger charge is -2.27. The SMILES string of the molecule is COC(=O)c1ccc2[nH]c3c(c2c1)CN(C(=O)c1ccc(C)c(OC)c1)CC3. The highest BCUT2D eigenvalue weighted by molar-refractivity contribution is 5.97. The van der Waals surface area contributed by atoms with Crippen molar-refractivity contribution >= 4 is 22.8 Å². The maximum atomic E-state index is 13.1. The van der Waals surface area contributed by atoms with Gasteiger partial charge in [-0.05, 0) is 42.8 Å². The van der Waals surface area contributed by atoms with Gasteiger partial charge in [-0.25, -0.2) is 4.79 Å². The summed E-state index contributed by atoms with van der Waals surface area (Å²) >= 11 is 0. The first kappa shape index (κ1) is 18.1. The van der Waals surface area contributed by atoms with Gasteiger partial charge in [0.15, 0.2) is 0 Å². The molecule has 0 aliphatic carbocycles. The number of benzene rings is 2. The lowest BCUT2D eigenvalue weighted by atomic mass is 10.0. The number of esters is 1. The fourth-order valence-corrected chi connectivity index (χ4v) is 3.77. The molecule has 0 unspecified atom stereocenters. The van der Waals surface area contributed by atoms with Gasteiger partial charge in [-0.2, -0.15) is 0 Å². The molecule has 0 saturated carbocycles. The van der Waals surface area contributed by atoms with Crippen LogP contribution in [0.5, 0.6) is 5.75 Å². The summed E-state index contributed by atoms with van der Waals surface area (Å²) in [6.45, 7) is 3.08. The van der Waals surface area contributed by atoms with Crippen LogP contribution in [0.3, 0.4) is 0 Å². The van der Waals surface area contributed by atoms with Crippen molar-refractivity contribution < 1.29 is 19.1 Å². The third kappa shape index (κ3) is 3.01. The fourth-order valence-electron chi connectivity index (χ4n) is 3.77. The van der Waals surface area contributed by atoms with Crippen LogP contribution in [0.1, 0.15) is 37.5 Å². The van der Waals surface area contributed by atoms with Crippen LogP contribution in [0.4, 0.5) is 0 Å². The van der Waals surface area contributed by atoms with Crippen molar-refractivity contribution in [3.8, 4) is 5.75 Å². The van der Waals surface area contributed by atoms with Crippen molar-refractivity contribution in [3.63, 3.8) is 0 Å². The zero-order valence-corrected chi connectivity index (χ0v) is 16.2. The summed E-state index contributed by atoms with van der Waals surface area (Å²) in [5.74, 6) is 0.313. The van der Waals surface area contributed by atoms with E-state index in [9.17, 15) is 9.59 Å². The second kappa shape index (κ2) is 7.03. The molecule has 0 atom stereocenters. The number of ether oxygens (including phenoxy) is 2. The summed E-state index contributed by atoms with van der Waals surface area (Å²) in [5, 5.41) is 0.955. The lowest BCUT2D eigenvalue weighted by Crippen LogP contribution is -2.35. The zero-order chi connectivity index (χ0) is 19.8. The van der Waals surface area contributed by atoms with Crippen LogP contribution in [0, 0.1) is 6.92 Å².